The van der Waals surface area contributed by atoms with Gasteiger partial charge in [-0.1, -0.05) is 0 Å². The normalized spacial score (nSPS) is 19.4. The number of hydrogen-bond acceptors (Lipinski definition) is 6. The number of halogens is 6. The van der Waals surface area contributed by atoms with Gasteiger partial charge in [-0.15, -0.1) is 0 Å². The van der Waals surface area contributed by atoms with Gasteiger partial charge in [0.15, 0.2) is 0 Å². The van der Waals surface area contributed by atoms with Crippen molar-refractivity contribution in [2.75, 3.05) is 39.3 Å². The third-order valence-electron chi connectivity index (χ3n) is 3.39. The molecule has 0 radical (unpaired) electrons. The highest BCUT2D eigenvalue weighted by molar-refractivity contribution is 7.86. The summed E-state index contributed by atoms with van der Waals surface area (Å²) in [5.41, 5.74) is 0. The van der Waals surface area contributed by atoms with E-state index in [4.69, 9.17) is 24.9 Å². The van der Waals surface area contributed by atoms with E-state index >= 15 is 0 Å². The lowest BCUT2D eigenvalue weighted by Gasteiger charge is -2.42. The van der Waals surface area contributed by atoms with Gasteiger partial charge in [-0.2, -0.15) is 39.1 Å². The second-order valence-electron chi connectivity index (χ2n) is 5.40. The minimum absolute atomic E-state index is 0.523. The van der Waals surface area contributed by atoms with Gasteiger partial charge in [-0.3, -0.25) is 4.90 Å². The fourth-order valence-corrected chi connectivity index (χ4v) is 2.53. The van der Waals surface area contributed by atoms with Crippen LogP contribution in [0.5, 0.6) is 0 Å². The summed E-state index contributed by atoms with van der Waals surface area (Å²) < 4.78 is 86.9. The molecule has 0 aliphatic carbocycles. The van der Waals surface area contributed by atoms with Crippen LogP contribution in [0, 0.1) is 0 Å². The van der Waals surface area contributed by atoms with E-state index in [0.29, 0.717) is 19.1 Å². The van der Waals surface area contributed by atoms with E-state index in [1.54, 1.807) is 0 Å². The summed E-state index contributed by atoms with van der Waals surface area (Å²) in [7, 11) is -3.47. The molecule has 2 heterocycles. The number of carbonyl (C=O) groups is 2. The number of hydrogen-bond donors (Lipinski definition) is 4. The van der Waals surface area contributed by atoms with E-state index in [-0.39, 0.29) is 0 Å². The zero-order valence-electron chi connectivity index (χ0n) is 14.0. The van der Waals surface area contributed by atoms with E-state index in [0.717, 1.165) is 26.2 Å². The first-order valence-electron chi connectivity index (χ1n) is 7.29. The zero-order valence-corrected chi connectivity index (χ0v) is 14.8. The lowest BCUT2D eigenvalue weighted by Crippen LogP contribution is -2.62. The number of nitrogens with one attached hydrogen (secondary N) is 1. The van der Waals surface area contributed by atoms with Crippen molar-refractivity contribution < 1.29 is 54.6 Å². The maximum Gasteiger partial charge on any atom is 0.490 e. The summed E-state index contributed by atoms with van der Waals surface area (Å²) in [5.74, 6) is -5.51. The Kier molecular flexibility index (Phi) is 9.58. The summed E-state index contributed by atoms with van der Waals surface area (Å²) in [6, 6.07) is 0.595. The summed E-state index contributed by atoms with van der Waals surface area (Å²) >= 11 is 0. The molecule has 0 saturated carbocycles. The van der Waals surface area contributed by atoms with E-state index < -0.39 is 34.5 Å². The Balaban J connectivity index is 0.000000444. The van der Waals surface area contributed by atoms with Crippen LogP contribution in [0.3, 0.4) is 0 Å². The number of carboxylic acids is 2. The fraction of sp³-hybridized carbons (Fsp3) is 0.818. The molecule has 0 atom stereocenters. The number of nitrogens with two attached hydrogens (primary N) is 1. The van der Waals surface area contributed by atoms with Crippen molar-refractivity contribution in [2.45, 2.75) is 18.4 Å². The largest absolute Gasteiger partial charge is 0.490 e. The third-order valence-corrected chi connectivity index (χ3v) is 4.48. The van der Waals surface area contributed by atoms with Crippen LogP contribution < -0.4 is 10.5 Å². The molecule has 0 amide bonds. The molecule has 0 spiro atoms. The van der Waals surface area contributed by atoms with Gasteiger partial charge in [0, 0.05) is 45.3 Å². The van der Waals surface area contributed by atoms with Crippen LogP contribution in [0.15, 0.2) is 0 Å². The molecule has 2 aliphatic heterocycles. The van der Waals surface area contributed by atoms with Gasteiger partial charge < -0.3 is 15.5 Å². The molecule has 166 valence electrons. The molecule has 0 bridgehead atoms. The van der Waals surface area contributed by atoms with Crippen LogP contribution in [0.2, 0.25) is 0 Å². The first kappa shape index (κ1) is 26.3. The van der Waals surface area contributed by atoms with E-state index in [1.165, 1.54) is 4.31 Å². The second kappa shape index (κ2) is 10.2. The lowest BCUT2D eigenvalue weighted by molar-refractivity contribution is -0.193. The summed E-state index contributed by atoms with van der Waals surface area (Å²) in [5, 5.41) is 22.5. The Hall–Kier alpha value is -1.69. The van der Waals surface area contributed by atoms with Gasteiger partial charge in [0.1, 0.15) is 0 Å². The standard InChI is InChI=1S/C7H16N4O2S.2C2HF3O2/c8-14(12,13)11-3-1-10(2-4-11)7-5-9-6-7;2*3-2(4,5)1(6)7/h7,9H,1-6H2,(H2,8,12,13);2*(H,6,7). The second-order valence-corrected chi connectivity index (χ2v) is 6.94. The molecule has 0 aromatic carbocycles. The Labute approximate surface area is 155 Å². The number of nitrogens with zero attached hydrogens (tertiary/aromatic N) is 2. The van der Waals surface area contributed by atoms with Crippen molar-refractivity contribution in [1.29, 1.82) is 0 Å². The van der Waals surface area contributed by atoms with Gasteiger partial charge in [0.05, 0.1) is 0 Å². The van der Waals surface area contributed by atoms with Crippen molar-refractivity contribution in [3.63, 3.8) is 0 Å². The molecule has 0 aromatic rings. The zero-order chi connectivity index (χ0) is 22.3. The molecule has 28 heavy (non-hydrogen) atoms. The Bertz CT molecular complexity index is 604. The van der Waals surface area contributed by atoms with Gasteiger partial charge in [-0.25, -0.2) is 14.7 Å². The smallest absolute Gasteiger partial charge is 0.475 e. The topological polar surface area (TPSA) is 153 Å². The highest BCUT2D eigenvalue weighted by atomic mass is 32.2. The number of carboxylic acid groups (broad SMARTS) is 2. The average Bonchev–Trinajstić information content (AvgIpc) is 2.44. The van der Waals surface area contributed by atoms with Crippen molar-refractivity contribution in [3.05, 3.63) is 0 Å². The monoisotopic (exact) mass is 448 g/mol. The molecule has 2 fully saturated rings. The summed E-state index contributed by atoms with van der Waals surface area (Å²) in [6.07, 6.45) is -10.2. The van der Waals surface area contributed by atoms with Crippen LogP contribution in [0.25, 0.3) is 0 Å². The lowest BCUT2D eigenvalue weighted by atomic mass is 10.1. The molecular weight excluding hydrogens is 430 g/mol. The molecule has 2 rings (SSSR count). The molecule has 2 aliphatic rings. The van der Waals surface area contributed by atoms with E-state index in [2.05, 4.69) is 10.2 Å². The molecule has 17 heteroatoms. The summed E-state index contributed by atoms with van der Waals surface area (Å²) in [6.45, 7) is 4.68. The third kappa shape index (κ3) is 10.0. The molecule has 0 unspecified atom stereocenters. The molecule has 10 nitrogen and oxygen atoms in total. The Morgan fingerprint density at radius 2 is 1.21 bits per heavy atom. The Morgan fingerprint density at radius 1 is 0.893 bits per heavy atom. The minimum atomic E-state index is -5.08. The first-order valence-corrected chi connectivity index (χ1v) is 8.79. The number of piperazine rings is 1. The van der Waals surface area contributed by atoms with E-state index in [9.17, 15) is 34.8 Å². The maximum absolute atomic E-state index is 11.0. The van der Waals surface area contributed by atoms with Gasteiger partial charge >= 0.3 is 24.3 Å². The van der Waals surface area contributed by atoms with Gasteiger partial charge in [0.25, 0.3) is 10.2 Å². The first-order chi connectivity index (χ1) is 12.5. The van der Waals surface area contributed by atoms with Gasteiger partial charge in [-0.05, 0) is 0 Å². The van der Waals surface area contributed by atoms with Crippen LogP contribution in [0.1, 0.15) is 0 Å². The Morgan fingerprint density at radius 3 is 1.39 bits per heavy atom. The highest BCUT2D eigenvalue weighted by Gasteiger charge is 2.38. The van der Waals surface area contributed by atoms with Crippen LogP contribution in [-0.2, 0) is 19.8 Å². The van der Waals surface area contributed by atoms with E-state index in [1.807, 2.05) is 0 Å². The molecule has 0 aromatic heterocycles. The number of rotatable bonds is 2. The predicted molar refractivity (Wildman–Crippen MR) is 80.3 cm³/mol. The predicted octanol–water partition coefficient (Wildman–Crippen LogP) is -0.954. The molecular formula is C11H18F6N4O6S. The SMILES string of the molecule is NS(=O)(=O)N1CCN(C2CNC2)CC1.O=C(O)C(F)(F)F.O=C(O)C(F)(F)F. The average molecular weight is 448 g/mol. The van der Waals surface area contributed by atoms with Crippen LogP contribution in [-0.4, -0.2) is 97.4 Å². The molecule has 2 saturated heterocycles. The van der Waals surface area contributed by atoms with Crippen LogP contribution >= 0.6 is 0 Å². The van der Waals surface area contributed by atoms with Crippen molar-refractivity contribution in [2.24, 2.45) is 5.14 Å². The van der Waals surface area contributed by atoms with Gasteiger partial charge in [0.2, 0.25) is 0 Å². The number of aliphatic carboxylic acids is 2. The highest BCUT2D eigenvalue weighted by Crippen LogP contribution is 2.14. The van der Waals surface area contributed by atoms with Crippen molar-refractivity contribution >= 4 is 22.1 Å². The van der Waals surface area contributed by atoms with Crippen molar-refractivity contribution in [1.82, 2.24) is 14.5 Å². The van der Waals surface area contributed by atoms with Crippen molar-refractivity contribution in [3.8, 4) is 0 Å². The maximum atomic E-state index is 11.0. The quantitative estimate of drug-likeness (QED) is 0.395. The van der Waals surface area contributed by atoms with Crippen LogP contribution in [0.4, 0.5) is 26.3 Å². The molecule has 5 N–H and O–H groups in total. The number of alkyl halides is 6. The summed E-state index contributed by atoms with van der Waals surface area (Å²) in [4.78, 5) is 20.1. The minimum Gasteiger partial charge on any atom is -0.475 e. The fourth-order valence-electron chi connectivity index (χ4n) is 1.85.